The molecule has 0 bridgehead atoms. The van der Waals surface area contributed by atoms with Gasteiger partial charge >= 0.3 is 0 Å². The molecule has 0 aliphatic heterocycles. The van der Waals surface area contributed by atoms with E-state index in [1.807, 2.05) is 30.7 Å². The molecule has 4 heterocycles. The van der Waals surface area contributed by atoms with Crippen LogP contribution in [-0.4, -0.2) is 35.6 Å². The van der Waals surface area contributed by atoms with Crippen LogP contribution in [0.25, 0.3) is 27.9 Å². The highest BCUT2D eigenvalue weighted by molar-refractivity contribution is 5.92. The van der Waals surface area contributed by atoms with Crippen molar-refractivity contribution in [2.45, 2.75) is 38.1 Å². The van der Waals surface area contributed by atoms with E-state index in [-0.39, 0.29) is 0 Å². The van der Waals surface area contributed by atoms with Crippen molar-refractivity contribution in [3.05, 3.63) is 36.9 Å². The molecule has 7 heteroatoms. The van der Waals surface area contributed by atoms with Crippen molar-refractivity contribution < 1.29 is 0 Å². The summed E-state index contributed by atoms with van der Waals surface area (Å²) in [6.07, 6.45) is 13.7. The fourth-order valence-electron chi connectivity index (χ4n) is 3.58. The predicted octanol–water partition coefficient (Wildman–Crippen LogP) is 3.41. The van der Waals surface area contributed by atoms with Crippen LogP contribution >= 0.6 is 0 Å². The third-order valence-electron chi connectivity index (χ3n) is 4.90. The summed E-state index contributed by atoms with van der Waals surface area (Å²) in [4.78, 5) is 16.6. The zero-order chi connectivity index (χ0) is 16.6. The van der Waals surface area contributed by atoms with Crippen LogP contribution in [0.15, 0.2) is 36.9 Å². The summed E-state index contributed by atoms with van der Waals surface area (Å²) in [6.45, 7) is 0. The number of hydrogen-bond donors (Lipinski definition) is 2. The number of imidazole rings is 1. The Morgan fingerprint density at radius 1 is 1.12 bits per heavy atom. The van der Waals surface area contributed by atoms with Gasteiger partial charge in [0.1, 0.15) is 5.65 Å². The zero-order valence-electron chi connectivity index (χ0n) is 13.8. The Labute approximate surface area is 144 Å². The number of anilines is 1. The van der Waals surface area contributed by atoms with Crippen molar-refractivity contribution in [3.8, 4) is 11.3 Å². The van der Waals surface area contributed by atoms with Gasteiger partial charge in [0.05, 0.1) is 5.69 Å². The number of rotatable bonds is 3. The van der Waals surface area contributed by atoms with Gasteiger partial charge in [-0.15, -0.1) is 0 Å². The van der Waals surface area contributed by atoms with Crippen LogP contribution in [0.4, 0.5) is 5.95 Å². The molecule has 0 aromatic carbocycles. The van der Waals surface area contributed by atoms with Gasteiger partial charge in [-0.1, -0.05) is 19.3 Å². The maximum absolute atomic E-state index is 4.64. The number of nitrogens with one attached hydrogen (secondary N) is 2. The average molecular weight is 333 g/mol. The number of fused-ring (bicyclic) bond motifs is 2. The van der Waals surface area contributed by atoms with Gasteiger partial charge < -0.3 is 10.3 Å². The number of hydrogen-bond acceptors (Lipinski definition) is 5. The van der Waals surface area contributed by atoms with Gasteiger partial charge in [-0.25, -0.2) is 14.5 Å². The SMILES string of the molecule is c1cn2nc(-c3c[nH]c4nc(NC5CCCCC5)ncc34)ccc2n1. The number of nitrogens with zero attached hydrogens (tertiary/aromatic N) is 5. The Bertz CT molecular complexity index is 1030. The van der Waals surface area contributed by atoms with Crippen molar-refractivity contribution in [2.75, 3.05) is 5.32 Å². The van der Waals surface area contributed by atoms with Crippen molar-refractivity contribution in [3.63, 3.8) is 0 Å². The normalized spacial score (nSPS) is 15.8. The van der Waals surface area contributed by atoms with Gasteiger partial charge in [0.15, 0.2) is 5.65 Å². The third-order valence-corrected chi connectivity index (χ3v) is 4.90. The molecular weight excluding hydrogens is 314 g/mol. The van der Waals surface area contributed by atoms with Crippen LogP contribution in [0.5, 0.6) is 0 Å². The van der Waals surface area contributed by atoms with Gasteiger partial charge in [0.2, 0.25) is 5.95 Å². The maximum Gasteiger partial charge on any atom is 0.224 e. The van der Waals surface area contributed by atoms with E-state index in [4.69, 9.17) is 0 Å². The molecule has 2 N–H and O–H groups in total. The molecule has 7 nitrogen and oxygen atoms in total. The number of aromatic amines is 1. The summed E-state index contributed by atoms with van der Waals surface area (Å²) in [5.41, 5.74) is 3.53. The zero-order valence-corrected chi connectivity index (χ0v) is 13.8. The third kappa shape index (κ3) is 2.61. The first-order chi connectivity index (χ1) is 12.4. The van der Waals surface area contributed by atoms with E-state index in [0.717, 1.165) is 27.9 Å². The Balaban J connectivity index is 1.48. The summed E-state index contributed by atoms with van der Waals surface area (Å²) < 4.78 is 1.77. The lowest BCUT2D eigenvalue weighted by Crippen LogP contribution is -2.23. The first-order valence-electron chi connectivity index (χ1n) is 8.78. The van der Waals surface area contributed by atoms with E-state index in [2.05, 4.69) is 30.4 Å². The highest BCUT2D eigenvalue weighted by Gasteiger charge is 2.15. The molecule has 0 spiro atoms. The Morgan fingerprint density at radius 3 is 2.96 bits per heavy atom. The molecule has 4 aromatic heterocycles. The predicted molar refractivity (Wildman–Crippen MR) is 96.4 cm³/mol. The average Bonchev–Trinajstić information content (AvgIpc) is 3.28. The van der Waals surface area contributed by atoms with Gasteiger partial charge in [0.25, 0.3) is 0 Å². The van der Waals surface area contributed by atoms with Crippen LogP contribution in [0.1, 0.15) is 32.1 Å². The minimum atomic E-state index is 0.492. The van der Waals surface area contributed by atoms with Gasteiger partial charge in [0, 0.05) is 41.8 Å². The molecule has 0 amide bonds. The molecule has 1 fully saturated rings. The first kappa shape index (κ1) is 14.4. The standard InChI is InChI=1S/C18H19N7/c1-2-4-12(5-3-1)22-18-21-11-14-13(10-20-17(14)23-18)15-6-7-16-19-8-9-25(16)24-15/h6-12H,1-5H2,(H2,20,21,22,23). The topological polar surface area (TPSA) is 83.8 Å². The van der Waals surface area contributed by atoms with E-state index in [1.54, 1.807) is 10.7 Å². The fourth-order valence-corrected chi connectivity index (χ4v) is 3.58. The van der Waals surface area contributed by atoms with E-state index in [9.17, 15) is 0 Å². The molecule has 0 unspecified atom stereocenters. The van der Waals surface area contributed by atoms with Crippen LogP contribution in [0.2, 0.25) is 0 Å². The quantitative estimate of drug-likeness (QED) is 0.600. The minimum Gasteiger partial charge on any atom is -0.351 e. The van der Waals surface area contributed by atoms with Crippen LogP contribution in [0, 0.1) is 0 Å². The molecule has 25 heavy (non-hydrogen) atoms. The van der Waals surface area contributed by atoms with Crippen LogP contribution in [0.3, 0.4) is 0 Å². The smallest absolute Gasteiger partial charge is 0.224 e. The lowest BCUT2D eigenvalue weighted by molar-refractivity contribution is 0.461. The fraction of sp³-hybridized carbons (Fsp3) is 0.333. The van der Waals surface area contributed by atoms with Crippen molar-refractivity contribution in [2.24, 2.45) is 0 Å². The van der Waals surface area contributed by atoms with E-state index in [1.165, 1.54) is 32.1 Å². The van der Waals surface area contributed by atoms with Crippen molar-refractivity contribution >= 4 is 22.6 Å². The summed E-state index contributed by atoms with van der Waals surface area (Å²) in [5, 5.41) is 9.05. The molecule has 1 saturated carbocycles. The monoisotopic (exact) mass is 333 g/mol. The van der Waals surface area contributed by atoms with Gasteiger partial charge in [-0.3, -0.25) is 0 Å². The van der Waals surface area contributed by atoms with Crippen LogP contribution < -0.4 is 5.32 Å². The first-order valence-corrected chi connectivity index (χ1v) is 8.78. The van der Waals surface area contributed by atoms with Crippen LogP contribution in [-0.2, 0) is 0 Å². The largest absolute Gasteiger partial charge is 0.351 e. The Morgan fingerprint density at radius 2 is 2.04 bits per heavy atom. The molecule has 5 rings (SSSR count). The van der Waals surface area contributed by atoms with Gasteiger partial charge in [-0.05, 0) is 25.0 Å². The van der Waals surface area contributed by atoms with E-state index in [0.29, 0.717) is 12.0 Å². The van der Waals surface area contributed by atoms with E-state index < -0.39 is 0 Å². The lowest BCUT2D eigenvalue weighted by Gasteiger charge is -2.22. The van der Waals surface area contributed by atoms with Crippen molar-refractivity contribution in [1.82, 2.24) is 29.5 Å². The summed E-state index contributed by atoms with van der Waals surface area (Å²) in [6, 6.07) is 4.42. The second-order valence-corrected chi connectivity index (χ2v) is 6.59. The number of aromatic nitrogens is 6. The maximum atomic E-state index is 4.64. The molecule has 0 saturated heterocycles. The van der Waals surface area contributed by atoms with Crippen molar-refractivity contribution in [1.29, 1.82) is 0 Å². The Kier molecular flexibility index (Phi) is 3.36. The number of H-pyrrole nitrogens is 1. The second kappa shape index (κ2) is 5.84. The summed E-state index contributed by atoms with van der Waals surface area (Å²) in [5.74, 6) is 0.700. The highest BCUT2D eigenvalue weighted by atomic mass is 15.2. The van der Waals surface area contributed by atoms with E-state index >= 15 is 0 Å². The molecule has 126 valence electrons. The molecule has 0 atom stereocenters. The molecule has 1 aliphatic rings. The minimum absolute atomic E-state index is 0.492. The summed E-state index contributed by atoms with van der Waals surface area (Å²) >= 11 is 0. The molecular formula is C18H19N7. The second-order valence-electron chi connectivity index (χ2n) is 6.59. The lowest BCUT2D eigenvalue weighted by atomic mass is 9.96. The highest BCUT2D eigenvalue weighted by Crippen LogP contribution is 2.27. The van der Waals surface area contributed by atoms with Gasteiger partial charge in [-0.2, -0.15) is 10.1 Å². The Hall–Kier alpha value is -2.96. The molecule has 0 radical (unpaired) electrons. The molecule has 4 aromatic rings. The molecule has 1 aliphatic carbocycles. The summed E-state index contributed by atoms with van der Waals surface area (Å²) in [7, 11) is 0.